The summed E-state index contributed by atoms with van der Waals surface area (Å²) >= 11 is 3.30. The fourth-order valence-electron chi connectivity index (χ4n) is 1.22. The summed E-state index contributed by atoms with van der Waals surface area (Å²) in [6, 6.07) is 2.01. The smallest absolute Gasteiger partial charge is 0.149 e. The van der Waals surface area contributed by atoms with Gasteiger partial charge in [0.15, 0.2) is 0 Å². The first-order valence-corrected chi connectivity index (χ1v) is 7.48. The zero-order chi connectivity index (χ0) is 12.1. The Kier molecular flexibility index (Phi) is 5.21. The molecule has 1 rings (SSSR count). The van der Waals surface area contributed by atoms with Gasteiger partial charge in [0.2, 0.25) is 0 Å². The van der Waals surface area contributed by atoms with Crippen LogP contribution < -0.4 is 11.1 Å². The number of anilines is 2. The minimum Gasteiger partial charge on any atom is -0.396 e. The van der Waals surface area contributed by atoms with Gasteiger partial charge in [-0.2, -0.15) is 0 Å². The molecule has 0 radical (unpaired) electrons. The van der Waals surface area contributed by atoms with Crippen molar-refractivity contribution in [3.05, 3.63) is 16.7 Å². The van der Waals surface area contributed by atoms with Crippen LogP contribution in [0.5, 0.6) is 0 Å². The second kappa shape index (κ2) is 6.20. The Morgan fingerprint density at radius 2 is 2.38 bits per heavy atom. The van der Waals surface area contributed by atoms with E-state index in [0.29, 0.717) is 17.3 Å². The molecule has 1 aromatic heterocycles. The maximum atomic E-state index is 10.9. The van der Waals surface area contributed by atoms with E-state index in [2.05, 4.69) is 26.2 Å². The Morgan fingerprint density at radius 1 is 1.69 bits per heavy atom. The van der Waals surface area contributed by atoms with Crippen molar-refractivity contribution in [2.45, 2.75) is 19.4 Å². The number of rotatable bonds is 5. The third-order valence-electron chi connectivity index (χ3n) is 2.11. The zero-order valence-corrected chi connectivity index (χ0v) is 11.8. The second-order valence-corrected chi connectivity index (χ2v) is 6.17. The van der Waals surface area contributed by atoms with Crippen molar-refractivity contribution in [2.75, 3.05) is 23.1 Å². The molecule has 90 valence electrons. The van der Waals surface area contributed by atoms with Gasteiger partial charge in [0, 0.05) is 39.5 Å². The van der Waals surface area contributed by atoms with E-state index in [1.54, 1.807) is 18.5 Å². The first-order chi connectivity index (χ1) is 7.49. The first kappa shape index (κ1) is 13.4. The quantitative estimate of drug-likeness (QED) is 0.873. The highest BCUT2D eigenvalue weighted by Crippen LogP contribution is 2.20. The lowest BCUT2D eigenvalue weighted by Gasteiger charge is -2.15. The number of pyridine rings is 1. The minimum absolute atomic E-state index is 0.208. The lowest BCUT2D eigenvalue weighted by Crippen LogP contribution is -2.19. The Balaban J connectivity index is 2.55. The molecule has 4 nitrogen and oxygen atoms in total. The average Bonchev–Trinajstić information content (AvgIpc) is 2.19. The van der Waals surface area contributed by atoms with Gasteiger partial charge in [-0.15, -0.1) is 0 Å². The van der Waals surface area contributed by atoms with Crippen LogP contribution in [-0.2, 0) is 10.8 Å². The number of nitrogens with one attached hydrogen (secondary N) is 1. The molecule has 3 N–H and O–H groups in total. The molecule has 0 aliphatic rings. The van der Waals surface area contributed by atoms with E-state index in [1.165, 1.54) is 0 Å². The number of aromatic nitrogens is 1. The molecule has 16 heavy (non-hydrogen) atoms. The van der Waals surface area contributed by atoms with Crippen LogP contribution in [0.4, 0.5) is 11.5 Å². The lowest BCUT2D eigenvalue weighted by molar-refractivity contribution is 0.678. The van der Waals surface area contributed by atoms with Gasteiger partial charge in [-0.3, -0.25) is 4.21 Å². The van der Waals surface area contributed by atoms with E-state index in [4.69, 9.17) is 5.73 Å². The number of nitrogens with two attached hydrogens (primary N) is 1. The molecule has 0 saturated heterocycles. The molecule has 0 saturated carbocycles. The van der Waals surface area contributed by atoms with Crippen molar-refractivity contribution >= 4 is 38.2 Å². The van der Waals surface area contributed by atoms with Crippen LogP contribution in [0.2, 0.25) is 0 Å². The van der Waals surface area contributed by atoms with E-state index in [1.807, 2.05) is 6.92 Å². The highest BCUT2D eigenvalue weighted by Gasteiger charge is 2.07. The van der Waals surface area contributed by atoms with Crippen LogP contribution in [0, 0.1) is 0 Å². The van der Waals surface area contributed by atoms with Crippen LogP contribution in [-0.4, -0.2) is 27.2 Å². The van der Waals surface area contributed by atoms with Crippen LogP contribution in [0.1, 0.15) is 13.3 Å². The van der Waals surface area contributed by atoms with Gasteiger partial charge in [-0.05, 0) is 35.3 Å². The van der Waals surface area contributed by atoms with E-state index < -0.39 is 10.8 Å². The highest BCUT2D eigenvalue weighted by molar-refractivity contribution is 9.10. The summed E-state index contributed by atoms with van der Waals surface area (Å²) in [6.07, 6.45) is 4.24. The van der Waals surface area contributed by atoms with E-state index in [9.17, 15) is 4.21 Å². The van der Waals surface area contributed by atoms with Crippen molar-refractivity contribution in [3.8, 4) is 0 Å². The summed E-state index contributed by atoms with van der Waals surface area (Å²) in [6.45, 7) is 2.02. The van der Waals surface area contributed by atoms with Gasteiger partial charge in [-0.1, -0.05) is 0 Å². The van der Waals surface area contributed by atoms with Gasteiger partial charge < -0.3 is 11.1 Å². The molecule has 0 amide bonds. The monoisotopic (exact) mass is 305 g/mol. The normalized spacial score (nSPS) is 14.4. The fraction of sp³-hybridized carbons (Fsp3) is 0.500. The van der Waals surface area contributed by atoms with Crippen molar-refractivity contribution in [1.29, 1.82) is 0 Å². The molecule has 0 fully saturated rings. The molecule has 1 aromatic rings. The molecule has 6 heteroatoms. The molecule has 0 aliphatic heterocycles. The molecular weight excluding hydrogens is 290 g/mol. The maximum Gasteiger partial charge on any atom is 0.149 e. The molecule has 1 heterocycles. The summed E-state index contributed by atoms with van der Waals surface area (Å²) in [5.74, 6) is 1.36. The number of hydrogen-bond acceptors (Lipinski definition) is 4. The summed E-state index contributed by atoms with van der Waals surface area (Å²) in [4.78, 5) is 4.19. The number of hydrogen-bond donors (Lipinski definition) is 2. The Bertz CT molecular complexity index is 386. The summed E-state index contributed by atoms with van der Waals surface area (Å²) in [5, 5.41) is 3.20. The molecule has 2 atom stereocenters. The van der Waals surface area contributed by atoms with Crippen LogP contribution in [0.15, 0.2) is 16.7 Å². The molecule has 2 unspecified atom stereocenters. The standard InChI is InChI=1S/C10H16BrN3OS/c1-7(3-4-16(2)15)14-10-9(12)5-8(11)6-13-10/h5-7H,3-4,12H2,1-2H3,(H,13,14). The van der Waals surface area contributed by atoms with E-state index in [0.717, 1.165) is 10.9 Å². The molecular formula is C10H16BrN3OS. The second-order valence-electron chi connectivity index (χ2n) is 3.70. The lowest BCUT2D eigenvalue weighted by atomic mass is 10.2. The van der Waals surface area contributed by atoms with Gasteiger partial charge in [0.25, 0.3) is 0 Å². The molecule has 0 aliphatic carbocycles. The topological polar surface area (TPSA) is 68.0 Å². The number of nitrogens with zero attached hydrogens (tertiary/aromatic N) is 1. The van der Waals surface area contributed by atoms with E-state index >= 15 is 0 Å². The first-order valence-electron chi connectivity index (χ1n) is 4.96. The van der Waals surface area contributed by atoms with Gasteiger partial charge in [0.05, 0.1) is 5.69 Å². The van der Waals surface area contributed by atoms with Crippen LogP contribution in [0.3, 0.4) is 0 Å². The van der Waals surface area contributed by atoms with Gasteiger partial charge in [0.1, 0.15) is 5.82 Å². The molecule has 0 bridgehead atoms. The summed E-state index contributed by atoms with van der Waals surface area (Å²) < 4.78 is 11.8. The zero-order valence-electron chi connectivity index (χ0n) is 9.37. The SMILES string of the molecule is CC(CCS(C)=O)Nc1ncc(Br)cc1N. The Labute approximate surface area is 107 Å². The van der Waals surface area contributed by atoms with Crippen molar-refractivity contribution in [1.82, 2.24) is 4.98 Å². The molecule has 0 aromatic carbocycles. The van der Waals surface area contributed by atoms with Crippen LogP contribution in [0.25, 0.3) is 0 Å². The Morgan fingerprint density at radius 3 is 2.94 bits per heavy atom. The van der Waals surface area contributed by atoms with E-state index in [-0.39, 0.29) is 6.04 Å². The maximum absolute atomic E-state index is 10.9. The van der Waals surface area contributed by atoms with Crippen LogP contribution >= 0.6 is 15.9 Å². The van der Waals surface area contributed by atoms with Crippen molar-refractivity contribution in [3.63, 3.8) is 0 Å². The third kappa shape index (κ3) is 4.49. The third-order valence-corrected chi connectivity index (χ3v) is 3.35. The predicted molar refractivity (Wildman–Crippen MR) is 73.0 cm³/mol. The van der Waals surface area contributed by atoms with Gasteiger partial charge in [-0.25, -0.2) is 4.98 Å². The average molecular weight is 306 g/mol. The number of nitrogen functional groups attached to an aromatic ring is 1. The predicted octanol–water partition coefficient (Wildman–Crippen LogP) is 2.00. The largest absolute Gasteiger partial charge is 0.396 e. The molecule has 0 spiro atoms. The fourth-order valence-corrected chi connectivity index (χ4v) is 2.26. The van der Waals surface area contributed by atoms with Crippen molar-refractivity contribution < 1.29 is 4.21 Å². The highest BCUT2D eigenvalue weighted by atomic mass is 79.9. The van der Waals surface area contributed by atoms with Gasteiger partial charge >= 0.3 is 0 Å². The summed E-state index contributed by atoms with van der Waals surface area (Å²) in [5.41, 5.74) is 6.42. The number of halogens is 1. The summed E-state index contributed by atoms with van der Waals surface area (Å²) in [7, 11) is -0.752. The Hall–Kier alpha value is -0.620. The minimum atomic E-state index is -0.752. The van der Waals surface area contributed by atoms with Crippen molar-refractivity contribution in [2.24, 2.45) is 0 Å².